The molecule has 20 heavy (non-hydrogen) atoms. The lowest BCUT2D eigenvalue weighted by Crippen LogP contribution is -2.43. The van der Waals surface area contributed by atoms with E-state index in [1.54, 1.807) is 7.11 Å². The third-order valence-corrected chi connectivity index (χ3v) is 3.22. The van der Waals surface area contributed by atoms with E-state index in [2.05, 4.69) is 0 Å². The van der Waals surface area contributed by atoms with Crippen molar-refractivity contribution in [2.75, 3.05) is 27.4 Å². The minimum Gasteiger partial charge on any atom is -0.497 e. The molecule has 0 saturated heterocycles. The Kier molecular flexibility index (Phi) is 4.23. The average molecular weight is 286 g/mol. The number of benzene rings is 1. The van der Waals surface area contributed by atoms with E-state index in [1.165, 1.54) is 18.0 Å². The molecule has 3 nitrogen and oxygen atoms in total. The van der Waals surface area contributed by atoms with Gasteiger partial charge in [0.1, 0.15) is 11.4 Å². The van der Waals surface area contributed by atoms with Gasteiger partial charge in [-0.15, -0.1) is 0 Å². The van der Waals surface area contributed by atoms with E-state index < -0.39 is 11.9 Å². The number of alkyl halides is 3. The molecular formula is C14H17F3N2O. The largest absolute Gasteiger partial charge is 0.497 e. The van der Waals surface area contributed by atoms with E-state index in [0.29, 0.717) is 13.1 Å². The van der Waals surface area contributed by atoms with Crippen LogP contribution in [0.2, 0.25) is 0 Å². The fourth-order valence-electron chi connectivity index (χ4n) is 2.24. The molecule has 0 unspecified atom stereocenters. The normalized spacial score (nSPS) is 17.1. The van der Waals surface area contributed by atoms with E-state index in [0.717, 1.165) is 11.3 Å². The predicted octanol–water partition coefficient (Wildman–Crippen LogP) is 2.85. The van der Waals surface area contributed by atoms with Crippen LogP contribution >= 0.6 is 0 Å². The number of hydrogen-bond donors (Lipinski definition) is 0. The van der Waals surface area contributed by atoms with Crippen molar-refractivity contribution in [1.29, 1.82) is 0 Å². The summed E-state index contributed by atoms with van der Waals surface area (Å²) in [5.41, 5.74) is 0.478. The third kappa shape index (κ3) is 3.45. The number of halogens is 3. The van der Waals surface area contributed by atoms with Crippen molar-refractivity contribution in [3.63, 3.8) is 0 Å². The summed E-state index contributed by atoms with van der Waals surface area (Å²) >= 11 is 0. The Bertz CT molecular complexity index is 482. The molecule has 0 fully saturated rings. The van der Waals surface area contributed by atoms with E-state index in [4.69, 9.17) is 4.74 Å². The highest BCUT2D eigenvalue weighted by atomic mass is 19.4. The van der Waals surface area contributed by atoms with Gasteiger partial charge in [-0.2, -0.15) is 13.2 Å². The second kappa shape index (κ2) is 5.75. The Hall–Kier alpha value is -1.69. The Morgan fingerprint density at radius 2 is 1.85 bits per heavy atom. The topological polar surface area (TPSA) is 15.7 Å². The van der Waals surface area contributed by atoms with Crippen LogP contribution in [-0.2, 0) is 6.54 Å². The van der Waals surface area contributed by atoms with Gasteiger partial charge in [0.2, 0.25) is 0 Å². The van der Waals surface area contributed by atoms with Gasteiger partial charge in [0.25, 0.3) is 0 Å². The Morgan fingerprint density at radius 1 is 1.20 bits per heavy atom. The van der Waals surface area contributed by atoms with E-state index >= 15 is 0 Å². The molecule has 110 valence electrons. The number of methoxy groups -OCH3 is 1. The van der Waals surface area contributed by atoms with Crippen LogP contribution in [0.3, 0.4) is 0 Å². The molecule has 0 bridgehead atoms. The van der Waals surface area contributed by atoms with Crippen molar-refractivity contribution in [1.82, 2.24) is 9.80 Å². The molecule has 0 saturated carbocycles. The van der Waals surface area contributed by atoms with Gasteiger partial charge in [-0.05, 0) is 23.8 Å². The molecule has 0 N–H and O–H groups in total. The van der Waals surface area contributed by atoms with Gasteiger partial charge in [-0.1, -0.05) is 12.1 Å². The maximum Gasteiger partial charge on any atom is 0.430 e. The molecule has 0 spiro atoms. The van der Waals surface area contributed by atoms with E-state index in [1.807, 2.05) is 29.2 Å². The molecule has 1 heterocycles. The lowest BCUT2D eigenvalue weighted by molar-refractivity contribution is -0.115. The van der Waals surface area contributed by atoms with Crippen LogP contribution in [0, 0.1) is 0 Å². The van der Waals surface area contributed by atoms with Gasteiger partial charge in [0, 0.05) is 20.1 Å². The van der Waals surface area contributed by atoms with Crippen LogP contribution in [-0.4, -0.2) is 43.3 Å². The first-order valence-corrected chi connectivity index (χ1v) is 6.24. The molecule has 0 radical (unpaired) electrons. The average Bonchev–Trinajstić information content (AvgIpc) is 2.38. The number of hydrogen-bond acceptors (Lipinski definition) is 3. The van der Waals surface area contributed by atoms with Gasteiger partial charge in [-0.3, -0.25) is 4.90 Å². The lowest BCUT2D eigenvalue weighted by atomic mass is 10.2. The smallest absolute Gasteiger partial charge is 0.430 e. The zero-order valence-corrected chi connectivity index (χ0v) is 11.4. The molecule has 0 amide bonds. The highest BCUT2D eigenvalue weighted by molar-refractivity contribution is 5.27. The van der Waals surface area contributed by atoms with Crippen LogP contribution in [0.15, 0.2) is 36.0 Å². The molecule has 6 heteroatoms. The summed E-state index contributed by atoms with van der Waals surface area (Å²) in [5.74, 6) is 0.767. The summed E-state index contributed by atoms with van der Waals surface area (Å²) in [7, 11) is 3.05. The van der Waals surface area contributed by atoms with E-state index in [-0.39, 0.29) is 6.67 Å². The Balaban J connectivity index is 2.00. The second-order valence-electron chi connectivity index (χ2n) is 4.79. The first-order chi connectivity index (χ1) is 9.40. The van der Waals surface area contributed by atoms with Crippen LogP contribution < -0.4 is 4.74 Å². The molecule has 0 aromatic heterocycles. The monoisotopic (exact) mass is 286 g/mol. The van der Waals surface area contributed by atoms with Gasteiger partial charge < -0.3 is 9.64 Å². The minimum atomic E-state index is -4.28. The first-order valence-electron chi connectivity index (χ1n) is 6.24. The summed E-state index contributed by atoms with van der Waals surface area (Å²) in [6.45, 7) is 1.17. The minimum absolute atomic E-state index is 0.261. The van der Waals surface area contributed by atoms with Gasteiger partial charge in [0.15, 0.2) is 0 Å². The lowest BCUT2D eigenvalue weighted by Gasteiger charge is -2.35. The Morgan fingerprint density at radius 3 is 2.35 bits per heavy atom. The van der Waals surface area contributed by atoms with Crippen molar-refractivity contribution in [3.05, 3.63) is 41.6 Å². The van der Waals surface area contributed by atoms with Crippen molar-refractivity contribution in [3.8, 4) is 5.75 Å². The zero-order chi connectivity index (χ0) is 14.8. The van der Waals surface area contributed by atoms with Crippen LogP contribution in [0.4, 0.5) is 13.2 Å². The number of allylic oxidation sites excluding steroid dienone is 1. The quantitative estimate of drug-likeness (QED) is 0.850. The highest BCUT2D eigenvalue weighted by Gasteiger charge is 2.38. The molecule has 0 atom stereocenters. The summed E-state index contributed by atoms with van der Waals surface area (Å²) in [4.78, 5) is 3.17. The first kappa shape index (κ1) is 14.7. The molecule has 2 rings (SSSR count). The fraction of sp³-hybridized carbons (Fsp3) is 0.429. The summed E-state index contributed by atoms with van der Waals surface area (Å²) in [6.07, 6.45) is -3.05. The van der Waals surface area contributed by atoms with Gasteiger partial charge in [0.05, 0.1) is 13.8 Å². The fourth-order valence-corrected chi connectivity index (χ4v) is 2.24. The highest BCUT2D eigenvalue weighted by Crippen LogP contribution is 2.29. The summed E-state index contributed by atoms with van der Waals surface area (Å²) in [5, 5.41) is 0. The summed E-state index contributed by atoms with van der Waals surface area (Å²) < 4.78 is 43.1. The molecule has 1 aromatic carbocycles. The van der Waals surface area contributed by atoms with Crippen molar-refractivity contribution in [2.24, 2.45) is 0 Å². The maximum atomic E-state index is 12.7. The molecule has 1 aliphatic rings. The second-order valence-corrected chi connectivity index (χ2v) is 4.79. The molecule has 1 aromatic rings. The number of ether oxygens (including phenoxy) is 1. The van der Waals surface area contributed by atoms with Gasteiger partial charge >= 0.3 is 6.18 Å². The number of nitrogens with zero attached hydrogens (tertiary/aromatic N) is 2. The van der Waals surface area contributed by atoms with E-state index in [9.17, 15) is 13.2 Å². The van der Waals surface area contributed by atoms with Crippen molar-refractivity contribution in [2.45, 2.75) is 12.7 Å². The number of rotatable bonds is 3. The SMILES string of the molecule is COc1ccc(CN2CC=C(C(F)(F)F)N(C)C2)cc1. The molecule has 1 aliphatic heterocycles. The van der Waals surface area contributed by atoms with Crippen LogP contribution in [0.25, 0.3) is 0 Å². The van der Waals surface area contributed by atoms with Crippen molar-refractivity contribution < 1.29 is 17.9 Å². The third-order valence-electron chi connectivity index (χ3n) is 3.22. The summed E-state index contributed by atoms with van der Waals surface area (Å²) in [6, 6.07) is 7.53. The predicted molar refractivity (Wildman–Crippen MR) is 70.2 cm³/mol. The standard InChI is InChI=1S/C14H17F3N2O/c1-18-10-19(8-7-13(18)14(15,16)17)9-11-3-5-12(20-2)6-4-11/h3-7H,8-10H2,1-2H3. The van der Waals surface area contributed by atoms with Crippen LogP contribution in [0.5, 0.6) is 5.75 Å². The van der Waals surface area contributed by atoms with Crippen molar-refractivity contribution >= 4 is 0 Å². The zero-order valence-electron chi connectivity index (χ0n) is 11.4. The van der Waals surface area contributed by atoms with Gasteiger partial charge in [-0.25, -0.2) is 0 Å². The van der Waals surface area contributed by atoms with Crippen LogP contribution in [0.1, 0.15) is 5.56 Å². The Labute approximate surface area is 116 Å². The molecule has 0 aliphatic carbocycles. The molecular weight excluding hydrogens is 269 g/mol. The maximum absolute atomic E-state index is 12.7.